The standard InChI is InChI=1S/C11H8FN3O2/c12-8-4-2-5-9(14-8)15-11(17)7-3-1-6-10(16)13-7/h1-6H,(H,13,16)(H,14,15,17). The van der Waals surface area contributed by atoms with Crippen LogP contribution in [0.5, 0.6) is 0 Å². The van der Waals surface area contributed by atoms with Crippen LogP contribution < -0.4 is 10.9 Å². The van der Waals surface area contributed by atoms with Crippen molar-refractivity contribution in [3.05, 3.63) is 58.4 Å². The molecule has 0 aliphatic rings. The highest BCUT2D eigenvalue weighted by molar-refractivity contribution is 6.02. The number of aromatic nitrogens is 2. The number of hydrogen-bond donors (Lipinski definition) is 2. The number of nitrogens with zero attached hydrogens (tertiary/aromatic N) is 1. The molecule has 17 heavy (non-hydrogen) atoms. The molecule has 5 nitrogen and oxygen atoms in total. The second-order valence-electron chi connectivity index (χ2n) is 3.23. The normalized spacial score (nSPS) is 9.94. The van der Waals surface area contributed by atoms with E-state index >= 15 is 0 Å². The van der Waals surface area contributed by atoms with Gasteiger partial charge in [0, 0.05) is 6.07 Å². The molecule has 0 fully saturated rings. The van der Waals surface area contributed by atoms with E-state index < -0.39 is 11.9 Å². The molecule has 2 aromatic rings. The molecule has 0 saturated heterocycles. The van der Waals surface area contributed by atoms with Crippen molar-refractivity contribution in [2.24, 2.45) is 0 Å². The summed E-state index contributed by atoms with van der Waals surface area (Å²) in [5.41, 5.74) is -0.298. The summed E-state index contributed by atoms with van der Waals surface area (Å²) in [5.74, 6) is -1.16. The van der Waals surface area contributed by atoms with E-state index in [9.17, 15) is 14.0 Å². The zero-order valence-corrected chi connectivity index (χ0v) is 8.61. The Hall–Kier alpha value is -2.50. The van der Waals surface area contributed by atoms with Gasteiger partial charge in [0.1, 0.15) is 11.5 Å². The van der Waals surface area contributed by atoms with Crippen LogP contribution in [0, 0.1) is 5.95 Å². The van der Waals surface area contributed by atoms with Crippen molar-refractivity contribution in [1.29, 1.82) is 0 Å². The maximum absolute atomic E-state index is 12.8. The SMILES string of the molecule is O=C(Nc1cccc(F)n1)c1cccc(=O)[nH]1. The summed E-state index contributed by atoms with van der Waals surface area (Å²) in [7, 11) is 0. The van der Waals surface area contributed by atoms with Crippen LogP contribution >= 0.6 is 0 Å². The van der Waals surface area contributed by atoms with E-state index in [1.165, 1.54) is 36.4 Å². The van der Waals surface area contributed by atoms with Crippen LogP contribution in [-0.2, 0) is 0 Å². The second kappa shape index (κ2) is 4.56. The number of carbonyl (C=O) groups excluding carboxylic acids is 1. The smallest absolute Gasteiger partial charge is 0.273 e. The van der Waals surface area contributed by atoms with Crippen LogP contribution in [0.25, 0.3) is 0 Å². The fourth-order valence-electron chi connectivity index (χ4n) is 1.24. The number of carbonyl (C=O) groups is 1. The minimum Gasteiger partial charge on any atom is -0.318 e. The lowest BCUT2D eigenvalue weighted by atomic mass is 10.3. The lowest BCUT2D eigenvalue weighted by molar-refractivity contribution is 0.102. The maximum Gasteiger partial charge on any atom is 0.273 e. The molecule has 0 bridgehead atoms. The van der Waals surface area contributed by atoms with E-state index in [0.29, 0.717) is 0 Å². The van der Waals surface area contributed by atoms with Crippen LogP contribution in [0.3, 0.4) is 0 Å². The van der Waals surface area contributed by atoms with Crippen molar-refractivity contribution >= 4 is 11.7 Å². The van der Waals surface area contributed by atoms with Gasteiger partial charge >= 0.3 is 0 Å². The van der Waals surface area contributed by atoms with Crippen LogP contribution in [0.2, 0.25) is 0 Å². The van der Waals surface area contributed by atoms with Gasteiger partial charge in [-0.3, -0.25) is 9.59 Å². The molecule has 2 N–H and O–H groups in total. The quantitative estimate of drug-likeness (QED) is 0.764. The molecule has 2 aromatic heterocycles. The van der Waals surface area contributed by atoms with Crippen LogP contribution in [0.1, 0.15) is 10.5 Å². The van der Waals surface area contributed by atoms with Crippen molar-refractivity contribution in [3.63, 3.8) is 0 Å². The summed E-state index contributed by atoms with van der Waals surface area (Å²) < 4.78 is 12.8. The Labute approximate surface area is 95.3 Å². The molecule has 0 aliphatic carbocycles. The van der Waals surface area contributed by atoms with Crippen molar-refractivity contribution in [1.82, 2.24) is 9.97 Å². The molecule has 6 heteroatoms. The first-order chi connectivity index (χ1) is 8.15. The molecule has 0 radical (unpaired) electrons. The van der Waals surface area contributed by atoms with Crippen LogP contribution in [-0.4, -0.2) is 15.9 Å². The highest BCUT2D eigenvalue weighted by Gasteiger charge is 2.07. The van der Waals surface area contributed by atoms with E-state index in [4.69, 9.17) is 0 Å². The first kappa shape index (κ1) is 11.0. The molecular formula is C11H8FN3O2. The van der Waals surface area contributed by atoms with Gasteiger partial charge in [-0.05, 0) is 18.2 Å². The Bertz CT molecular complexity index is 609. The lowest BCUT2D eigenvalue weighted by Gasteiger charge is -2.03. The third-order valence-corrected chi connectivity index (χ3v) is 1.97. The number of anilines is 1. The predicted molar refractivity (Wildman–Crippen MR) is 59.2 cm³/mol. The first-order valence-electron chi connectivity index (χ1n) is 4.78. The number of rotatable bonds is 2. The molecule has 2 heterocycles. The Kier molecular flexibility index (Phi) is 2.95. The van der Waals surface area contributed by atoms with Gasteiger partial charge in [0.2, 0.25) is 11.5 Å². The molecule has 2 rings (SSSR count). The topological polar surface area (TPSA) is 74.8 Å². The van der Waals surface area contributed by atoms with Crippen LogP contribution in [0.4, 0.5) is 10.2 Å². The van der Waals surface area contributed by atoms with Gasteiger partial charge in [-0.2, -0.15) is 4.39 Å². The molecule has 0 unspecified atom stereocenters. The number of halogens is 1. The van der Waals surface area contributed by atoms with Gasteiger partial charge in [-0.25, -0.2) is 4.98 Å². The van der Waals surface area contributed by atoms with E-state index in [1.54, 1.807) is 0 Å². The lowest BCUT2D eigenvalue weighted by Crippen LogP contribution is -2.18. The van der Waals surface area contributed by atoms with Crippen molar-refractivity contribution < 1.29 is 9.18 Å². The highest BCUT2D eigenvalue weighted by Crippen LogP contribution is 2.05. The number of aromatic amines is 1. The first-order valence-corrected chi connectivity index (χ1v) is 4.78. The largest absolute Gasteiger partial charge is 0.318 e. The van der Waals surface area contributed by atoms with Crippen LogP contribution in [0.15, 0.2) is 41.2 Å². The average molecular weight is 233 g/mol. The number of nitrogens with one attached hydrogen (secondary N) is 2. The summed E-state index contributed by atoms with van der Waals surface area (Å²) in [5, 5.41) is 2.37. The molecule has 1 amide bonds. The van der Waals surface area contributed by atoms with Gasteiger partial charge < -0.3 is 10.3 Å². The number of hydrogen-bond acceptors (Lipinski definition) is 3. The van der Waals surface area contributed by atoms with E-state index in [0.717, 1.165) is 0 Å². The molecular weight excluding hydrogens is 225 g/mol. The summed E-state index contributed by atoms with van der Waals surface area (Å²) in [6.45, 7) is 0. The Morgan fingerprint density at radius 1 is 1.24 bits per heavy atom. The fourth-order valence-corrected chi connectivity index (χ4v) is 1.24. The van der Waals surface area contributed by atoms with Gasteiger partial charge in [-0.1, -0.05) is 12.1 Å². The second-order valence-corrected chi connectivity index (χ2v) is 3.23. The molecule has 86 valence electrons. The number of H-pyrrole nitrogens is 1. The predicted octanol–water partition coefficient (Wildman–Crippen LogP) is 1.16. The van der Waals surface area contributed by atoms with Gasteiger partial charge in [-0.15, -0.1) is 0 Å². The van der Waals surface area contributed by atoms with Crippen molar-refractivity contribution in [3.8, 4) is 0 Å². The number of amides is 1. The van der Waals surface area contributed by atoms with E-state index in [1.807, 2.05) is 0 Å². The highest BCUT2D eigenvalue weighted by atomic mass is 19.1. The third kappa shape index (κ3) is 2.75. The summed E-state index contributed by atoms with van der Waals surface area (Å²) in [6.07, 6.45) is 0. The Balaban J connectivity index is 2.20. The van der Waals surface area contributed by atoms with Gasteiger partial charge in [0.15, 0.2) is 0 Å². The van der Waals surface area contributed by atoms with Gasteiger partial charge in [0.25, 0.3) is 5.91 Å². The minimum atomic E-state index is -0.690. The van der Waals surface area contributed by atoms with Crippen molar-refractivity contribution in [2.75, 3.05) is 5.32 Å². The monoisotopic (exact) mass is 233 g/mol. The number of pyridine rings is 2. The Morgan fingerprint density at radius 2 is 2.00 bits per heavy atom. The zero-order chi connectivity index (χ0) is 12.3. The zero-order valence-electron chi connectivity index (χ0n) is 8.61. The summed E-state index contributed by atoms with van der Waals surface area (Å²) in [6, 6.07) is 8.22. The third-order valence-electron chi connectivity index (χ3n) is 1.97. The average Bonchev–Trinajstić information content (AvgIpc) is 2.29. The van der Waals surface area contributed by atoms with E-state index in [-0.39, 0.29) is 17.1 Å². The molecule has 0 atom stereocenters. The van der Waals surface area contributed by atoms with Crippen molar-refractivity contribution in [2.45, 2.75) is 0 Å². The summed E-state index contributed by atoms with van der Waals surface area (Å²) >= 11 is 0. The van der Waals surface area contributed by atoms with Gasteiger partial charge in [0.05, 0.1) is 0 Å². The maximum atomic E-state index is 12.8. The Morgan fingerprint density at radius 3 is 2.71 bits per heavy atom. The molecule has 0 spiro atoms. The molecule has 0 aliphatic heterocycles. The molecule has 0 aromatic carbocycles. The molecule has 0 saturated carbocycles. The summed E-state index contributed by atoms with van der Waals surface area (Å²) in [4.78, 5) is 28.4. The minimum absolute atomic E-state index is 0.0831. The fraction of sp³-hybridized carbons (Fsp3) is 0. The van der Waals surface area contributed by atoms with E-state index in [2.05, 4.69) is 15.3 Å².